The van der Waals surface area contributed by atoms with Gasteiger partial charge in [-0.2, -0.15) is 0 Å². The van der Waals surface area contributed by atoms with Crippen LogP contribution in [0.3, 0.4) is 0 Å². The summed E-state index contributed by atoms with van der Waals surface area (Å²) in [5, 5.41) is 2.41. The molecule has 4 rings (SSSR count). The van der Waals surface area contributed by atoms with Gasteiger partial charge in [-0.05, 0) is 67.3 Å². The van der Waals surface area contributed by atoms with Crippen LogP contribution < -0.4 is 0 Å². The molecule has 0 atom stereocenters. The quantitative estimate of drug-likeness (QED) is 0.407. The summed E-state index contributed by atoms with van der Waals surface area (Å²) in [5.74, 6) is 0. The molecule has 0 fully saturated rings. The van der Waals surface area contributed by atoms with Crippen molar-refractivity contribution in [1.82, 2.24) is 0 Å². The molecular weight excluding hydrogens is 268 g/mol. The van der Waals surface area contributed by atoms with Crippen molar-refractivity contribution in [1.29, 1.82) is 0 Å². The van der Waals surface area contributed by atoms with Gasteiger partial charge in [0.25, 0.3) is 0 Å². The number of aryl methyl sites for hydroxylation is 3. The Morgan fingerprint density at radius 3 is 2.23 bits per heavy atom. The maximum absolute atomic E-state index is 6.23. The number of hydrogen-bond donors (Lipinski definition) is 0. The average Bonchev–Trinajstić information content (AvgIpc) is 2.85. The Hall–Kier alpha value is -2.54. The fourth-order valence-electron chi connectivity index (χ4n) is 3.11. The minimum Gasteiger partial charge on any atom is -0.455 e. The molecule has 4 aromatic rings. The zero-order valence-corrected chi connectivity index (χ0v) is 13.1. The highest BCUT2D eigenvalue weighted by Crippen LogP contribution is 2.37. The Balaban J connectivity index is 2.14. The molecule has 0 N–H and O–H groups in total. The van der Waals surface area contributed by atoms with E-state index in [4.69, 9.17) is 4.42 Å². The highest BCUT2D eigenvalue weighted by Gasteiger charge is 2.14. The zero-order chi connectivity index (χ0) is 15.3. The molecule has 0 radical (unpaired) electrons. The van der Waals surface area contributed by atoms with Crippen LogP contribution in [-0.4, -0.2) is 0 Å². The molecule has 0 saturated heterocycles. The summed E-state index contributed by atoms with van der Waals surface area (Å²) in [5.41, 5.74) is 8.15. The Labute approximate surface area is 130 Å². The van der Waals surface area contributed by atoms with Gasteiger partial charge in [0, 0.05) is 16.3 Å². The lowest BCUT2D eigenvalue weighted by molar-refractivity contribution is 0.669. The third-order valence-electron chi connectivity index (χ3n) is 4.42. The summed E-state index contributed by atoms with van der Waals surface area (Å²) in [6.45, 7) is 6.43. The minimum absolute atomic E-state index is 0.973. The van der Waals surface area contributed by atoms with Crippen LogP contribution in [0.15, 0.2) is 59.0 Å². The third-order valence-corrected chi connectivity index (χ3v) is 4.42. The molecule has 1 nitrogen and oxygen atoms in total. The number of benzene rings is 3. The summed E-state index contributed by atoms with van der Waals surface area (Å²) in [7, 11) is 0. The van der Waals surface area contributed by atoms with E-state index in [0.717, 1.165) is 11.2 Å². The van der Waals surface area contributed by atoms with Crippen molar-refractivity contribution in [3.05, 3.63) is 71.3 Å². The van der Waals surface area contributed by atoms with Crippen molar-refractivity contribution in [2.24, 2.45) is 0 Å². The van der Waals surface area contributed by atoms with E-state index in [1.54, 1.807) is 0 Å². The van der Waals surface area contributed by atoms with Gasteiger partial charge in [-0.15, -0.1) is 0 Å². The Morgan fingerprint density at radius 2 is 1.45 bits per heavy atom. The highest BCUT2D eigenvalue weighted by atomic mass is 16.3. The van der Waals surface area contributed by atoms with E-state index in [2.05, 4.69) is 69.3 Å². The average molecular weight is 286 g/mol. The molecule has 0 bridgehead atoms. The second-order valence-corrected chi connectivity index (χ2v) is 6.09. The Kier molecular flexibility index (Phi) is 2.83. The zero-order valence-electron chi connectivity index (χ0n) is 13.1. The number of rotatable bonds is 1. The normalized spacial score (nSPS) is 11.4. The highest BCUT2D eigenvalue weighted by molar-refractivity contribution is 6.10. The van der Waals surface area contributed by atoms with E-state index in [0.29, 0.717) is 0 Å². The lowest BCUT2D eigenvalue weighted by atomic mass is 9.99. The van der Waals surface area contributed by atoms with Crippen LogP contribution in [0, 0.1) is 20.8 Å². The van der Waals surface area contributed by atoms with Crippen molar-refractivity contribution in [2.75, 3.05) is 0 Å². The first kappa shape index (κ1) is 13.1. The molecular formula is C21H18O. The van der Waals surface area contributed by atoms with Crippen LogP contribution in [0.4, 0.5) is 0 Å². The summed E-state index contributed by atoms with van der Waals surface area (Å²) >= 11 is 0. The van der Waals surface area contributed by atoms with Gasteiger partial charge < -0.3 is 4.42 Å². The predicted octanol–water partition coefficient (Wildman–Crippen LogP) is 6.18. The van der Waals surface area contributed by atoms with E-state index >= 15 is 0 Å². The molecule has 0 unspecified atom stereocenters. The largest absolute Gasteiger partial charge is 0.455 e. The van der Waals surface area contributed by atoms with Crippen LogP contribution in [0.2, 0.25) is 0 Å². The van der Waals surface area contributed by atoms with Crippen molar-refractivity contribution < 1.29 is 4.42 Å². The second kappa shape index (κ2) is 4.74. The van der Waals surface area contributed by atoms with Crippen LogP contribution in [0.5, 0.6) is 0 Å². The molecule has 1 heteroatoms. The monoisotopic (exact) mass is 286 g/mol. The van der Waals surface area contributed by atoms with Gasteiger partial charge in [-0.3, -0.25) is 0 Å². The van der Waals surface area contributed by atoms with Crippen LogP contribution in [0.1, 0.15) is 16.7 Å². The molecule has 0 saturated carbocycles. The third kappa shape index (κ3) is 1.93. The first-order valence-corrected chi connectivity index (χ1v) is 7.63. The van der Waals surface area contributed by atoms with E-state index < -0.39 is 0 Å². The molecule has 0 amide bonds. The predicted molar refractivity (Wildman–Crippen MR) is 93.4 cm³/mol. The minimum atomic E-state index is 0.973. The van der Waals surface area contributed by atoms with Gasteiger partial charge in [0.2, 0.25) is 0 Å². The lowest BCUT2D eigenvalue weighted by Crippen LogP contribution is -1.81. The summed E-state index contributed by atoms with van der Waals surface area (Å²) in [6.07, 6.45) is 0. The summed E-state index contributed by atoms with van der Waals surface area (Å²) in [4.78, 5) is 0. The molecule has 0 aliphatic rings. The first-order chi connectivity index (χ1) is 10.6. The Bertz CT molecular complexity index is 991. The van der Waals surface area contributed by atoms with E-state index in [1.165, 1.54) is 38.6 Å². The van der Waals surface area contributed by atoms with Gasteiger partial charge >= 0.3 is 0 Å². The van der Waals surface area contributed by atoms with Crippen molar-refractivity contribution in [2.45, 2.75) is 20.8 Å². The molecule has 108 valence electrons. The standard InChI is InChI=1S/C21H18O/c1-13-9-17(16-7-5-4-6-8-16)21-19(10-13)18-11-14(2)15(3)12-20(18)22-21/h4-12H,1-3H3. The number of hydrogen-bond acceptors (Lipinski definition) is 1. The van der Waals surface area contributed by atoms with Gasteiger partial charge in [-0.1, -0.05) is 30.3 Å². The summed E-state index contributed by atoms with van der Waals surface area (Å²) in [6, 6.07) is 19.3. The first-order valence-electron chi connectivity index (χ1n) is 7.63. The SMILES string of the molecule is Cc1cc(-c2ccccc2)c2oc3cc(C)c(C)cc3c2c1. The van der Waals surface area contributed by atoms with E-state index in [-0.39, 0.29) is 0 Å². The van der Waals surface area contributed by atoms with Crippen LogP contribution in [0.25, 0.3) is 33.1 Å². The second-order valence-electron chi connectivity index (χ2n) is 6.09. The van der Waals surface area contributed by atoms with Gasteiger partial charge in [0.15, 0.2) is 0 Å². The van der Waals surface area contributed by atoms with E-state index in [1.807, 2.05) is 6.07 Å². The van der Waals surface area contributed by atoms with Crippen molar-refractivity contribution >= 4 is 21.9 Å². The fraction of sp³-hybridized carbons (Fsp3) is 0.143. The Morgan fingerprint density at radius 1 is 0.727 bits per heavy atom. The molecule has 0 aliphatic carbocycles. The summed E-state index contributed by atoms with van der Waals surface area (Å²) < 4.78 is 6.23. The lowest BCUT2D eigenvalue weighted by Gasteiger charge is -2.04. The maximum Gasteiger partial charge on any atom is 0.143 e. The van der Waals surface area contributed by atoms with Crippen LogP contribution in [-0.2, 0) is 0 Å². The maximum atomic E-state index is 6.23. The van der Waals surface area contributed by atoms with Gasteiger partial charge in [-0.25, -0.2) is 0 Å². The number of furan rings is 1. The number of fused-ring (bicyclic) bond motifs is 3. The smallest absolute Gasteiger partial charge is 0.143 e. The molecule has 3 aromatic carbocycles. The molecule has 1 aromatic heterocycles. The fourth-order valence-corrected chi connectivity index (χ4v) is 3.11. The molecule has 1 heterocycles. The van der Waals surface area contributed by atoms with Gasteiger partial charge in [0.1, 0.15) is 11.2 Å². The molecule has 0 spiro atoms. The topological polar surface area (TPSA) is 13.1 Å². The van der Waals surface area contributed by atoms with Crippen molar-refractivity contribution in [3.63, 3.8) is 0 Å². The van der Waals surface area contributed by atoms with Crippen LogP contribution >= 0.6 is 0 Å². The van der Waals surface area contributed by atoms with Crippen molar-refractivity contribution in [3.8, 4) is 11.1 Å². The molecule has 22 heavy (non-hydrogen) atoms. The van der Waals surface area contributed by atoms with Gasteiger partial charge in [0.05, 0.1) is 0 Å². The molecule has 0 aliphatic heterocycles. The van der Waals surface area contributed by atoms with E-state index in [9.17, 15) is 0 Å².